The van der Waals surface area contributed by atoms with Crippen LogP contribution in [0.25, 0.3) is 0 Å². The van der Waals surface area contributed by atoms with Crippen LogP contribution in [-0.4, -0.2) is 12.0 Å². The second kappa shape index (κ2) is 6.35. The Bertz CT molecular complexity index is 379. The fourth-order valence-corrected chi connectivity index (χ4v) is 1.48. The third kappa shape index (κ3) is 4.53. The van der Waals surface area contributed by atoms with E-state index in [9.17, 15) is 9.18 Å². The van der Waals surface area contributed by atoms with Crippen molar-refractivity contribution in [2.45, 2.75) is 32.9 Å². The molecule has 0 heterocycles. The van der Waals surface area contributed by atoms with Crippen molar-refractivity contribution in [2.24, 2.45) is 11.7 Å². The van der Waals surface area contributed by atoms with Crippen LogP contribution in [-0.2, 0) is 16.1 Å². The lowest BCUT2D eigenvalue weighted by Gasteiger charge is -2.13. The van der Waals surface area contributed by atoms with E-state index < -0.39 is 12.0 Å². The summed E-state index contributed by atoms with van der Waals surface area (Å²) in [5.74, 6) is -0.536. The van der Waals surface area contributed by atoms with Gasteiger partial charge in [-0.05, 0) is 18.4 Å². The highest BCUT2D eigenvalue weighted by Gasteiger charge is 2.16. The molecule has 0 fully saturated rings. The Balaban J connectivity index is 2.46. The average molecular weight is 239 g/mol. The number of rotatable bonds is 5. The first-order valence-electron chi connectivity index (χ1n) is 5.66. The highest BCUT2D eigenvalue weighted by molar-refractivity contribution is 5.75. The third-order valence-corrected chi connectivity index (χ3v) is 2.36. The zero-order valence-electron chi connectivity index (χ0n) is 10.2. The van der Waals surface area contributed by atoms with E-state index in [1.807, 2.05) is 13.8 Å². The van der Waals surface area contributed by atoms with E-state index in [2.05, 4.69) is 0 Å². The van der Waals surface area contributed by atoms with Gasteiger partial charge in [-0.2, -0.15) is 0 Å². The number of esters is 1. The van der Waals surface area contributed by atoms with Crippen LogP contribution in [0.4, 0.5) is 4.39 Å². The molecule has 0 unspecified atom stereocenters. The van der Waals surface area contributed by atoms with Crippen molar-refractivity contribution in [1.29, 1.82) is 0 Å². The summed E-state index contributed by atoms with van der Waals surface area (Å²) in [5.41, 5.74) is 6.01. The van der Waals surface area contributed by atoms with Gasteiger partial charge in [-0.25, -0.2) is 4.39 Å². The molecule has 0 radical (unpaired) electrons. The van der Waals surface area contributed by atoms with Gasteiger partial charge in [0.25, 0.3) is 0 Å². The summed E-state index contributed by atoms with van der Waals surface area (Å²) < 4.78 is 18.2. The first kappa shape index (κ1) is 13.6. The Kier molecular flexibility index (Phi) is 5.10. The molecule has 0 spiro atoms. The Morgan fingerprint density at radius 2 is 2.06 bits per heavy atom. The minimum Gasteiger partial charge on any atom is -0.460 e. The zero-order valence-corrected chi connectivity index (χ0v) is 10.2. The number of carbonyl (C=O) groups is 1. The summed E-state index contributed by atoms with van der Waals surface area (Å²) >= 11 is 0. The van der Waals surface area contributed by atoms with E-state index in [1.165, 1.54) is 6.07 Å². The number of hydrogen-bond donors (Lipinski definition) is 1. The fourth-order valence-electron chi connectivity index (χ4n) is 1.48. The van der Waals surface area contributed by atoms with Crippen molar-refractivity contribution >= 4 is 5.97 Å². The van der Waals surface area contributed by atoms with Gasteiger partial charge in [0.05, 0.1) is 0 Å². The summed E-state index contributed by atoms with van der Waals surface area (Å²) in [7, 11) is 0. The van der Waals surface area contributed by atoms with Gasteiger partial charge in [0.2, 0.25) is 0 Å². The Labute approximate surface area is 101 Å². The van der Waals surface area contributed by atoms with E-state index in [0.29, 0.717) is 17.9 Å². The molecule has 0 aromatic heterocycles. The SMILES string of the molecule is CC(C)C[C@@H](N)C(=O)OCc1ccccc1F. The van der Waals surface area contributed by atoms with Crippen LogP contribution in [0.3, 0.4) is 0 Å². The first-order valence-corrected chi connectivity index (χ1v) is 5.66. The summed E-state index contributed by atoms with van der Waals surface area (Å²) in [6.45, 7) is 3.88. The molecular weight excluding hydrogens is 221 g/mol. The summed E-state index contributed by atoms with van der Waals surface area (Å²) in [6, 6.07) is 5.56. The number of ether oxygens (including phenoxy) is 1. The van der Waals surface area contributed by atoms with Gasteiger partial charge < -0.3 is 10.5 Å². The minimum absolute atomic E-state index is 0.0721. The molecule has 2 N–H and O–H groups in total. The van der Waals surface area contributed by atoms with Gasteiger partial charge in [0.1, 0.15) is 18.5 Å². The highest BCUT2D eigenvalue weighted by Crippen LogP contribution is 2.09. The standard InChI is InChI=1S/C13H18FNO2/c1-9(2)7-12(15)13(16)17-8-10-5-3-4-6-11(10)14/h3-6,9,12H,7-8,15H2,1-2H3/t12-/m1/s1. The molecule has 94 valence electrons. The number of benzene rings is 1. The smallest absolute Gasteiger partial charge is 0.323 e. The molecule has 3 nitrogen and oxygen atoms in total. The molecule has 1 aromatic rings. The minimum atomic E-state index is -0.637. The van der Waals surface area contributed by atoms with E-state index in [1.54, 1.807) is 18.2 Å². The van der Waals surface area contributed by atoms with Gasteiger partial charge in [-0.1, -0.05) is 32.0 Å². The van der Waals surface area contributed by atoms with Gasteiger partial charge in [-0.3, -0.25) is 4.79 Å². The predicted molar refractivity (Wildman–Crippen MR) is 63.6 cm³/mol. The van der Waals surface area contributed by atoms with Crippen molar-refractivity contribution in [3.63, 3.8) is 0 Å². The molecular formula is C13H18FNO2. The Morgan fingerprint density at radius 1 is 1.41 bits per heavy atom. The van der Waals surface area contributed by atoms with Gasteiger partial charge in [-0.15, -0.1) is 0 Å². The first-order chi connectivity index (χ1) is 8.00. The lowest BCUT2D eigenvalue weighted by atomic mass is 10.1. The van der Waals surface area contributed by atoms with E-state index >= 15 is 0 Å². The van der Waals surface area contributed by atoms with Crippen molar-refractivity contribution in [3.8, 4) is 0 Å². The van der Waals surface area contributed by atoms with Crippen molar-refractivity contribution in [1.82, 2.24) is 0 Å². The van der Waals surface area contributed by atoms with Crippen LogP contribution in [0, 0.1) is 11.7 Å². The second-order valence-corrected chi connectivity index (χ2v) is 4.44. The molecule has 1 aromatic carbocycles. The maximum absolute atomic E-state index is 13.2. The predicted octanol–water partition coefficient (Wildman–Crippen LogP) is 2.24. The number of carbonyl (C=O) groups excluding carboxylic acids is 1. The molecule has 0 aliphatic rings. The molecule has 0 aliphatic heterocycles. The molecule has 17 heavy (non-hydrogen) atoms. The van der Waals surface area contributed by atoms with Crippen LogP contribution in [0.1, 0.15) is 25.8 Å². The fraction of sp³-hybridized carbons (Fsp3) is 0.462. The van der Waals surface area contributed by atoms with Crippen molar-refractivity contribution < 1.29 is 13.9 Å². The quantitative estimate of drug-likeness (QED) is 0.802. The summed E-state index contributed by atoms with van der Waals surface area (Å²) in [6.07, 6.45) is 0.566. The largest absolute Gasteiger partial charge is 0.460 e. The zero-order chi connectivity index (χ0) is 12.8. The maximum atomic E-state index is 13.2. The van der Waals surface area contributed by atoms with Crippen LogP contribution < -0.4 is 5.73 Å². The van der Waals surface area contributed by atoms with Gasteiger partial charge in [0, 0.05) is 5.56 Å². The van der Waals surface area contributed by atoms with Crippen LogP contribution in [0.15, 0.2) is 24.3 Å². The number of nitrogens with two attached hydrogens (primary N) is 1. The lowest BCUT2D eigenvalue weighted by molar-refractivity contribution is -0.147. The van der Waals surface area contributed by atoms with E-state index in [4.69, 9.17) is 10.5 Å². The van der Waals surface area contributed by atoms with Crippen LogP contribution >= 0.6 is 0 Å². The second-order valence-electron chi connectivity index (χ2n) is 4.44. The van der Waals surface area contributed by atoms with Crippen molar-refractivity contribution in [2.75, 3.05) is 0 Å². The van der Waals surface area contributed by atoms with Crippen LogP contribution in [0.2, 0.25) is 0 Å². The lowest BCUT2D eigenvalue weighted by Crippen LogP contribution is -2.33. The molecule has 0 saturated carbocycles. The molecule has 1 atom stereocenters. The highest BCUT2D eigenvalue weighted by atomic mass is 19.1. The normalized spacial score (nSPS) is 12.5. The number of hydrogen-bond acceptors (Lipinski definition) is 3. The Morgan fingerprint density at radius 3 is 2.65 bits per heavy atom. The summed E-state index contributed by atoms with van der Waals surface area (Å²) in [4.78, 5) is 11.5. The molecule has 0 amide bonds. The van der Waals surface area contributed by atoms with Gasteiger partial charge >= 0.3 is 5.97 Å². The molecule has 0 aliphatic carbocycles. The summed E-state index contributed by atoms with van der Waals surface area (Å²) in [5, 5.41) is 0. The average Bonchev–Trinajstić information content (AvgIpc) is 2.26. The number of halogens is 1. The van der Waals surface area contributed by atoms with Crippen molar-refractivity contribution in [3.05, 3.63) is 35.6 Å². The molecule has 1 rings (SSSR count). The van der Waals surface area contributed by atoms with E-state index in [0.717, 1.165) is 0 Å². The van der Waals surface area contributed by atoms with E-state index in [-0.39, 0.29) is 12.4 Å². The Hall–Kier alpha value is -1.42. The molecule has 0 bridgehead atoms. The monoisotopic (exact) mass is 239 g/mol. The topological polar surface area (TPSA) is 52.3 Å². The van der Waals surface area contributed by atoms with Gasteiger partial charge in [0.15, 0.2) is 0 Å². The molecule has 0 saturated heterocycles. The molecule has 4 heteroatoms. The van der Waals surface area contributed by atoms with Crippen LogP contribution in [0.5, 0.6) is 0 Å². The maximum Gasteiger partial charge on any atom is 0.323 e. The third-order valence-electron chi connectivity index (χ3n) is 2.36.